The Balaban J connectivity index is 4.26. The lowest BCUT2D eigenvalue weighted by Crippen LogP contribution is -2.30. The molecule has 0 heterocycles. The number of unbranched alkanes of at least 4 members (excludes halogenated alkanes) is 27. The molecule has 0 aliphatic carbocycles. The molecule has 5 heteroatoms. The highest BCUT2D eigenvalue weighted by Gasteiger charge is 2.17. The summed E-state index contributed by atoms with van der Waals surface area (Å²) >= 11 is 0. The number of ether oxygens (including phenoxy) is 3. The van der Waals surface area contributed by atoms with Gasteiger partial charge in [-0.3, -0.25) is 9.59 Å². The van der Waals surface area contributed by atoms with Crippen LogP contribution in [0.15, 0.2) is 48.6 Å². The second-order valence-electron chi connectivity index (χ2n) is 16.7. The largest absolute Gasteiger partial charge is 0.462 e. The smallest absolute Gasteiger partial charge is 0.306 e. The van der Waals surface area contributed by atoms with Crippen molar-refractivity contribution >= 4 is 11.9 Å². The molecule has 1 unspecified atom stereocenters. The Morgan fingerprint density at radius 1 is 0.397 bits per heavy atom. The van der Waals surface area contributed by atoms with Crippen molar-refractivity contribution < 1.29 is 23.8 Å². The summed E-state index contributed by atoms with van der Waals surface area (Å²) in [5.41, 5.74) is 0. The lowest BCUT2D eigenvalue weighted by molar-refractivity contribution is -0.163. The van der Waals surface area contributed by atoms with Crippen molar-refractivity contribution in [3.63, 3.8) is 0 Å². The zero-order valence-electron chi connectivity index (χ0n) is 38.8. The third kappa shape index (κ3) is 46.5. The van der Waals surface area contributed by atoms with E-state index in [-0.39, 0.29) is 25.2 Å². The maximum Gasteiger partial charge on any atom is 0.306 e. The van der Waals surface area contributed by atoms with Crippen LogP contribution in [0, 0.1) is 0 Å². The number of carbonyl (C=O) groups is 2. The minimum atomic E-state index is -0.540. The quantitative estimate of drug-likeness (QED) is 0.0348. The second-order valence-corrected chi connectivity index (χ2v) is 16.7. The second kappa shape index (κ2) is 49.2. The van der Waals surface area contributed by atoms with E-state index in [9.17, 15) is 9.59 Å². The van der Waals surface area contributed by atoms with Gasteiger partial charge in [-0.1, -0.05) is 230 Å². The highest BCUT2D eigenvalue weighted by atomic mass is 16.6. The first-order chi connectivity index (χ1) is 28.6. The summed E-state index contributed by atoms with van der Waals surface area (Å²) in [5, 5.41) is 0. The van der Waals surface area contributed by atoms with Crippen molar-refractivity contribution in [3.8, 4) is 0 Å². The van der Waals surface area contributed by atoms with Crippen molar-refractivity contribution in [2.75, 3.05) is 19.8 Å². The number of esters is 2. The molecular weight excluding hydrogens is 717 g/mol. The molecule has 58 heavy (non-hydrogen) atoms. The Bertz CT molecular complexity index is 966. The molecule has 0 amide bonds. The van der Waals surface area contributed by atoms with Crippen LogP contribution >= 0.6 is 0 Å². The fourth-order valence-corrected chi connectivity index (χ4v) is 7.15. The average Bonchev–Trinajstić information content (AvgIpc) is 3.22. The van der Waals surface area contributed by atoms with Crippen molar-refractivity contribution in [3.05, 3.63) is 48.6 Å². The Morgan fingerprint density at radius 3 is 1.24 bits per heavy atom. The van der Waals surface area contributed by atoms with Crippen LogP contribution in [0.5, 0.6) is 0 Å². The van der Waals surface area contributed by atoms with E-state index in [1.165, 1.54) is 141 Å². The number of hydrogen-bond acceptors (Lipinski definition) is 5. The van der Waals surface area contributed by atoms with Gasteiger partial charge >= 0.3 is 11.9 Å². The molecule has 0 N–H and O–H groups in total. The molecule has 0 aromatic carbocycles. The van der Waals surface area contributed by atoms with E-state index in [4.69, 9.17) is 14.2 Å². The van der Waals surface area contributed by atoms with Gasteiger partial charge in [-0.15, -0.1) is 0 Å². The number of allylic oxidation sites excluding steroid dienone is 8. The van der Waals surface area contributed by atoms with Crippen LogP contribution in [-0.2, 0) is 23.8 Å². The molecule has 0 spiro atoms. The molecule has 338 valence electrons. The fraction of sp³-hybridized carbons (Fsp3) is 0.811. The summed E-state index contributed by atoms with van der Waals surface area (Å²) < 4.78 is 17.4. The molecule has 5 nitrogen and oxygen atoms in total. The van der Waals surface area contributed by atoms with Crippen molar-refractivity contribution in [2.45, 2.75) is 258 Å². The van der Waals surface area contributed by atoms with Gasteiger partial charge in [0.1, 0.15) is 6.61 Å². The summed E-state index contributed by atoms with van der Waals surface area (Å²) in [6.45, 7) is 7.72. The van der Waals surface area contributed by atoms with Gasteiger partial charge in [0.25, 0.3) is 0 Å². The molecule has 0 bridgehead atoms. The van der Waals surface area contributed by atoms with Crippen LogP contribution in [0.3, 0.4) is 0 Å². The zero-order valence-corrected chi connectivity index (χ0v) is 38.8. The van der Waals surface area contributed by atoms with Crippen LogP contribution in [0.1, 0.15) is 252 Å². The molecule has 0 aliphatic rings. The zero-order chi connectivity index (χ0) is 42.1. The van der Waals surface area contributed by atoms with Crippen LogP contribution in [0.25, 0.3) is 0 Å². The van der Waals surface area contributed by atoms with E-state index in [0.717, 1.165) is 77.0 Å². The molecule has 0 saturated heterocycles. The Morgan fingerprint density at radius 2 is 0.776 bits per heavy atom. The summed E-state index contributed by atoms with van der Waals surface area (Å²) in [4.78, 5) is 25.3. The summed E-state index contributed by atoms with van der Waals surface area (Å²) in [7, 11) is 0. The molecule has 0 aromatic rings. The maximum atomic E-state index is 12.7. The lowest BCUT2D eigenvalue weighted by atomic mass is 10.0. The van der Waals surface area contributed by atoms with E-state index >= 15 is 0 Å². The average molecular weight is 813 g/mol. The van der Waals surface area contributed by atoms with E-state index in [1.54, 1.807) is 0 Å². The van der Waals surface area contributed by atoms with Gasteiger partial charge in [0, 0.05) is 19.4 Å². The van der Waals surface area contributed by atoms with Crippen LogP contribution in [0.4, 0.5) is 0 Å². The first-order valence-corrected chi connectivity index (χ1v) is 25.2. The third-order valence-electron chi connectivity index (χ3n) is 10.9. The number of rotatable bonds is 46. The van der Waals surface area contributed by atoms with Gasteiger partial charge in [0.2, 0.25) is 0 Å². The van der Waals surface area contributed by atoms with Crippen LogP contribution in [-0.4, -0.2) is 37.9 Å². The van der Waals surface area contributed by atoms with E-state index < -0.39 is 6.10 Å². The predicted molar refractivity (Wildman–Crippen MR) is 251 cm³/mol. The first-order valence-electron chi connectivity index (χ1n) is 25.2. The van der Waals surface area contributed by atoms with Gasteiger partial charge in [-0.25, -0.2) is 0 Å². The monoisotopic (exact) mass is 813 g/mol. The van der Waals surface area contributed by atoms with Crippen molar-refractivity contribution in [1.29, 1.82) is 0 Å². The Kier molecular flexibility index (Phi) is 47.4. The van der Waals surface area contributed by atoms with Gasteiger partial charge in [-0.05, 0) is 57.8 Å². The normalized spacial score (nSPS) is 12.5. The molecule has 0 aliphatic heterocycles. The molecule has 0 saturated carbocycles. The van der Waals surface area contributed by atoms with E-state index in [0.29, 0.717) is 19.4 Å². The van der Waals surface area contributed by atoms with Crippen molar-refractivity contribution in [2.24, 2.45) is 0 Å². The molecule has 0 aromatic heterocycles. The topological polar surface area (TPSA) is 61.8 Å². The van der Waals surface area contributed by atoms with Gasteiger partial charge < -0.3 is 14.2 Å². The van der Waals surface area contributed by atoms with E-state index in [2.05, 4.69) is 69.4 Å². The minimum Gasteiger partial charge on any atom is -0.462 e. The molecule has 0 radical (unpaired) electrons. The fourth-order valence-electron chi connectivity index (χ4n) is 7.15. The summed E-state index contributed by atoms with van der Waals surface area (Å²) in [6.07, 6.45) is 59.7. The van der Waals surface area contributed by atoms with Gasteiger partial charge in [0.05, 0.1) is 6.61 Å². The predicted octanol–water partition coefficient (Wildman–Crippen LogP) is 16.8. The summed E-state index contributed by atoms with van der Waals surface area (Å²) in [6, 6.07) is 0. The van der Waals surface area contributed by atoms with Crippen LogP contribution < -0.4 is 0 Å². The SMILES string of the molecule is CC/C=C\C/C=C\C/C=C\C/C=C\CCCCCCC(=O)OCC(COCCCCCCCCCCCCCCCC)OC(=O)CCCCCCCCCCCCC. The van der Waals surface area contributed by atoms with Crippen LogP contribution in [0.2, 0.25) is 0 Å². The third-order valence-corrected chi connectivity index (χ3v) is 10.9. The highest BCUT2D eigenvalue weighted by Crippen LogP contribution is 2.15. The molecule has 0 fully saturated rings. The Hall–Kier alpha value is -2.14. The Labute approximate surface area is 361 Å². The first kappa shape index (κ1) is 55.9. The molecule has 0 rings (SSSR count). The number of hydrogen-bond donors (Lipinski definition) is 0. The number of carbonyl (C=O) groups excluding carboxylic acids is 2. The van der Waals surface area contributed by atoms with Crippen molar-refractivity contribution in [1.82, 2.24) is 0 Å². The minimum absolute atomic E-state index is 0.0768. The van der Waals surface area contributed by atoms with Gasteiger partial charge in [-0.2, -0.15) is 0 Å². The maximum absolute atomic E-state index is 12.7. The molecule has 1 atom stereocenters. The summed E-state index contributed by atoms with van der Waals surface area (Å²) in [5.74, 6) is -0.414. The highest BCUT2D eigenvalue weighted by molar-refractivity contribution is 5.70. The standard InChI is InChI=1S/C53H96O5/c1-4-7-10-13-16-19-22-24-26-27-28-29-32-34-37-40-43-46-52(54)57-50-51(58-53(55)47-44-41-38-35-31-21-18-15-12-9-6-3)49-56-48-45-42-39-36-33-30-25-23-20-17-14-11-8-5-2/h7,10,16,19,24,26,28-29,51H,4-6,8-9,11-15,17-18,20-23,25,27,30-50H2,1-3H3/b10-7-,19-16-,26-24-,29-28-. The lowest BCUT2D eigenvalue weighted by Gasteiger charge is -2.18. The van der Waals surface area contributed by atoms with E-state index in [1.807, 2.05) is 0 Å². The molecular formula is C53H96O5. The van der Waals surface area contributed by atoms with Gasteiger partial charge in [0.15, 0.2) is 6.10 Å².